The Bertz CT molecular complexity index is 822. The smallest absolute Gasteiger partial charge is 0.471 e. The van der Waals surface area contributed by atoms with Crippen LogP contribution >= 0.6 is 0 Å². The maximum absolute atomic E-state index is 13.0. The number of hydrogen-bond acceptors (Lipinski definition) is 4. The fourth-order valence-electron chi connectivity index (χ4n) is 3.09. The number of amides is 1. The summed E-state index contributed by atoms with van der Waals surface area (Å²) in [6.07, 6.45) is -4.87. The molecule has 1 fully saturated rings. The summed E-state index contributed by atoms with van der Waals surface area (Å²) < 4.78 is 69.4. The van der Waals surface area contributed by atoms with E-state index in [1.807, 2.05) is 5.32 Å². The summed E-state index contributed by atoms with van der Waals surface area (Å²) in [5.74, 6) is -1.50. The molecule has 0 saturated carbocycles. The molecule has 2 rings (SSSR count). The number of ether oxygens (including phenoxy) is 1. The molecule has 146 valence electrons. The van der Waals surface area contributed by atoms with E-state index >= 15 is 0 Å². The average Bonchev–Trinajstić information content (AvgIpc) is 2.99. The highest BCUT2D eigenvalue weighted by molar-refractivity contribution is 7.89. The zero-order chi connectivity index (χ0) is 19.9. The number of carbonyl (C=O) groups excluding carboxylic acids is 1. The van der Waals surface area contributed by atoms with Crippen molar-refractivity contribution >= 4 is 15.9 Å². The first kappa shape index (κ1) is 20.5. The summed E-state index contributed by atoms with van der Waals surface area (Å²) in [4.78, 5) is 11.2. The Morgan fingerprint density at radius 3 is 2.42 bits per heavy atom. The second-order valence-electron chi connectivity index (χ2n) is 6.29. The number of halogens is 3. The van der Waals surface area contributed by atoms with Crippen LogP contribution in [0.3, 0.4) is 0 Å². The van der Waals surface area contributed by atoms with Gasteiger partial charge in [-0.3, -0.25) is 4.79 Å². The van der Waals surface area contributed by atoms with Gasteiger partial charge in [-0.2, -0.15) is 17.5 Å². The second-order valence-corrected chi connectivity index (χ2v) is 8.17. The molecule has 0 aromatic heterocycles. The van der Waals surface area contributed by atoms with Crippen molar-refractivity contribution in [2.75, 3.05) is 20.2 Å². The Labute approximate surface area is 150 Å². The minimum atomic E-state index is -4.99. The van der Waals surface area contributed by atoms with E-state index < -0.39 is 28.1 Å². The lowest BCUT2D eigenvalue weighted by molar-refractivity contribution is -0.174. The number of sulfonamides is 1. The van der Waals surface area contributed by atoms with Crippen molar-refractivity contribution in [2.45, 2.75) is 44.3 Å². The van der Waals surface area contributed by atoms with Gasteiger partial charge in [0.05, 0.1) is 12.0 Å². The van der Waals surface area contributed by atoms with Gasteiger partial charge in [-0.05, 0) is 49.9 Å². The molecule has 1 atom stereocenters. The van der Waals surface area contributed by atoms with Gasteiger partial charge in [-0.15, -0.1) is 0 Å². The van der Waals surface area contributed by atoms with E-state index in [1.54, 1.807) is 26.8 Å². The molecule has 10 heteroatoms. The van der Waals surface area contributed by atoms with Crippen LogP contribution in [0.15, 0.2) is 11.0 Å². The van der Waals surface area contributed by atoms with Crippen molar-refractivity contribution in [1.29, 1.82) is 0 Å². The van der Waals surface area contributed by atoms with Gasteiger partial charge in [-0.25, -0.2) is 8.42 Å². The summed E-state index contributed by atoms with van der Waals surface area (Å²) in [6, 6.07) is 0.743. The number of rotatable bonds is 4. The van der Waals surface area contributed by atoms with Crippen LogP contribution in [-0.2, 0) is 14.8 Å². The predicted molar refractivity (Wildman–Crippen MR) is 88.6 cm³/mol. The molecule has 0 aliphatic carbocycles. The van der Waals surface area contributed by atoms with Crippen LogP contribution in [0.5, 0.6) is 5.75 Å². The van der Waals surface area contributed by atoms with Gasteiger partial charge in [-0.1, -0.05) is 0 Å². The van der Waals surface area contributed by atoms with Crippen LogP contribution in [0.4, 0.5) is 13.2 Å². The van der Waals surface area contributed by atoms with E-state index in [1.165, 1.54) is 7.11 Å². The number of carbonyl (C=O) groups is 1. The second kappa shape index (κ2) is 7.07. The number of benzene rings is 1. The van der Waals surface area contributed by atoms with Crippen LogP contribution in [0.25, 0.3) is 0 Å². The molecule has 1 saturated heterocycles. The summed E-state index contributed by atoms with van der Waals surface area (Å²) in [5, 5.41) is 1.84. The summed E-state index contributed by atoms with van der Waals surface area (Å²) in [6.45, 7) is 4.88. The molecule has 26 heavy (non-hydrogen) atoms. The first-order valence-corrected chi connectivity index (χ1v) is 9.36. The molecule has 1 aliphatic heterocycles. The van der Waals surface area contributed by atoms with Crippen molar-refractivity contribution < 1.29 is 31.1 Å². The number of hydrogen-bond donors (Lipinski definition) is 1. The van der Waals surface area contributed by atoms with Crippen molar-refractivity contribution in [1.82, 2.24) is 9.62 Å². The SMILES string of the molecule is COc1cc(C)c(S(=O)(=O)N2CCC(NC(=O)C(F)(F)F)C2)c(C)c1C. The Balaban J connectivity index is 2.28. The van der Waals surface area contributed by atoms with Gasteiger partial charge in [0.25, 0.3) is 0 Å². The number of aryl methyl sites for hydroxylation is 1. The monoisotopic (exact) mass is 394 g/mol. The fraction of sp³-hybridized carbons (Fsp3) is 0.562. The summed E-state index contributed by atoms with van der Waals surface area (Å²) >= 11 is 0. The number of methoxy groups -OCH3 is 1. The van der Waals surface area contributed by atoms with Gasteiger partial charge in [0, 0.05) is 19.1 Å². The third-order valence-electron chi connectivity index (χ3n) is 4.54. The maximum Gasteiger partial charge on any atom is 0.471 e. The molecule has 1 N–H and O–H groups in total. The highest BCUT2D eigenvalue weighted by Gasteiger charge is 2.42. The molecule has 1 heterocycles. The first-order valence-electron chi connectivity index (χ1n) is 7.92. The Morgan fingerprint density at radius 2 is 1.88 bits per heavy atom. The van der Waals surface area contributed by atoms with Crippen LogP contribution < -0.4 is 10.1 Å². The Hall–Kier alpha value is -1.81. The Kier molecular flexibility index (Phi) is 5.57. The van der Waals surface area contributed by atoms with Crippen molar-refractivity contribution in [3.8, 4) is 5.75 Å². The number of nitrogens with zero attached hydrogens (tertiary/aromatic N) is 1. The summed E-state index contributed by atoms with van der Waals surface area (Å²) in [5.41, 5.74) is 1.70. The lowest BCUT2D eigenvalue weighted by Crippen LogP contribution is -2.44. The minimum absolute atomic E-state index is 0.0368. The molecule has 0 radical (unpaired) electrons. The maximum atomic E-state index is 13.0. The zero-order valence-corrected chi connectivity index (χ0v) is 15.7. The quantitative estimate of drug-likeness (QED) is 0.848. The topological polar surface area (TPSA) is 75.7 Å². The molecular formula is C16H21F3N2O4S. The van der Waals surface area contributed by atoms with Gasteiger partial charge >= 0.3 is 12.1 Å². The third kappa shape index (κ3) is 3.80. The lowest BCUT2D eigenvalue weighted by atomic mass is 10.1. The fourth-order valence-corrected chi connectivity index (χ4v) is 5.08. The van der Waals surface area contributed by atoms with Gasteiger partial charge < -0.3 is 10.1 Å². The highest BCUT2D eigenvalue weighted by atomic mass is 32.2. The van der Waals surface area contributed by atoms with Crippen LogP contribution in [0.1, 0.15) is 23.1 Å². The molecule has 0 bridgehead atoms. The highest BCUT2D eigenvalue weighted by Crippen LogP contribution is 2.33. The van der Waals surface area contributed by atoms with Crippen LogP contribution in [0.2, 0.25) is 0 Å². The van der Waals surface area contributed by atoms with E-state index in [9.17, 15) is 26.4 Å². The van der Waals surface area contributed by atoms with Crippen LogP contribution in [-0.4, -0.2) is 51.0 Å². The zero-order valence-electron chi connectivity index (χ0n) is 14.9. The molecular weight excluding hydrogens is 373 g/mol. The van der Waals surface area contributed by atoms with E-state index in [0.29, 0.717) is 22.4 Å². The molecule has 1 amide bonds. The van der Waals surface area contributed by atoms with E-state index in [4.69, 9.17) is 4.74 Å². The van der Waals surface area contributed by atoms with E-state index in [-0.39, 0.29) is 24.4 Å². The third-order valence-corrected chi connectivity index (χ3v) is 6.70. The first-order chi connectivity index (χ1) is 11.9. The van der Waals surface area contributed by atoms with Crippen LogP contribution in [0, 0.1) is 20.8 Å². The van der Waals surface area contributed by atoms with Crippen molar-refractivity contribution in [2.24, 2.45) is 0 Å². The van der Waals surface area contributed by atoms with E-state index in [2.05, 4.69) is 0 Å². The van der Waals surface area contributed by atoms with E-state index in [0.717, 1.165) is 4.31 Å². The minimum Gasteiger partial charge on any atom is -0.496 e. The van der Waals surface area contributed by atoms with Gasteiger partial charge in [0.2, 0.25) is 10.0 Å². The van der Waals surface area contributed by atoms with Crippen molar-refractivity contribution in [3.63, 3.8) is 0 Å². The largest absolute Gasteiger partial charge is 0.496 e. The normalized spacial score (nSPS) is 18.8. The molecule has 6 nitrogen and oxygen atoms in total. The molecule has 1 aromatic carbocycles. The molecule has 1 aromatic rings. The van der Waals surface area contributed by atoms with Crippen molar-refractivity contribution in [3.05, 3.63) is 22.8 Å². The predicted octanol–water partition coefficient (Wildman–Crippen LogP) is 2.06. The number of nitrogens with one attached hydrogen (secondary N) is 1. The Morgan fingerprint density at radius 1 is 1.27 bits per heavy atom. The molecule has 0 spiro atoms. The standard InChI is InChI=1S/C16H21F3N2O4S/c1-9-7-13(25-4)10(2)11(3)14(9)26(23,24)21-6-5-12(8-21)20-15(22)16(17,18)19/h7,12H,5-6,8H2,1-4H3,(H,20,22). The van der Waals surface area contributed by atoms with Gasteiger partial charge in [0.1, 0.15) is 5.75 Å². The van der Waals surface area contributed by atoms with Gasteiger partial charge in [0.15, 0.2) is 0 Å². The number of alkyl halides is 3. The summed E-state index contributed by atoms with van der Waals surface area (Å²) in [7, 11) is -2.42. The molecule has 1 unspecified atom stereocenters. The average molecular weight is 394 g/mol. The lowest BCUT2D eigenvalue weighted by Gasteiger charge is -2.22. The molecule has 1 aliphatic rings.